The molecule has 6 heteroatoms. The van der Waals surface area contributed by atoms with Gasteiger partial charge in [-0.2, -0.15) is 0 Å². The lowest BCUT2D eigenvalue weighted by molar-refractivity contribution is -0.142. The zero-order valence-corrected chi connectivity index (χ0v) is 11.3. The Kier molecular flexibility index (Phi) is 6.52. The Morgan fingerprint density at radius 2 is 1.95 bits per heavy atom. The molecule has 2 atom stereocenters. The van der Waals surface area contributed by atoms with E-state index in [-0.39, 0.29) is 6.61 Å². The van der Waals surface area contributed by atoms with Crippen LogP contribution in [-0.2, 0) is 16.0 Å². The summed E-state index contributed by atoms with van der Waals surface area (Å²) in [7, 11) is 0. The molecule has 1 rings (SSSR count). The summed E-state index contributed by atoms with van der Waals surface area (Å²) in [6.07, 6.45) is -0.618. The summed E-state index contributed by atoms with van der Waals surface area (Å²) in [6, 6.07) is 8.39. The normalized spacial score (nSPS) is 13.3. The highest BCUT2D eigenvalue weighted by molar-refractivity contribution is 5.80. The fourth-order valence-corrected chi connectivity index (χ4v) is 1.64. The molecule has 3 N–H and O–H groups in total. The molecule has 0 unspecified atom stereocenters. The first-order valence-corrected chi connectivity index (χ1v) is 6.39. The molecule has 0 heterocycles. The first-order valence-electron chi connectivity index (χ1n) is 6.39. The van der Waals surface area contributed by atoms with E-state index < -0.39 is 24.2 Å². The summed E-state index contributed by atoms with van der Waals surface area (Å²) in [5.41, 5.74) is 1.14. The van der Waals surface area contributed by atoms with Crippen molar-refractivity contribution >= 4 is 12.1 Å². The van der Waals surface area contributed by atoms with E-state index in [9.17, 15) is 14.7 Å². The Morgan fingerprint density at radius 1 is 1.30 bits per heavy atom. The van der Waals surface area contributed by atoms with Crippen molar-refractivity contribution in [2.45, 2.75) is 31.9 Å². The second-order valence-corrected chi connectivity index (χ2v) is 4.43. The van der Waals surface area contributed by atoms with Crippen molar-refractivity contribution in [1.82, 2.24) is 5.32 Å². The molecule has 0 aliphatic carbocycles. The second-order valence-electron chi connectivity index (χ2n) is 4.43. The van der Waals surface area contributed by atoms with E-state index in [0.29, 0.717) is 6.42 Å². The minimum Gasteiger partial charge on any atom is -0.480 e. The van der Waals surface area contributed by atoms with Crippen LogP contribution < -0.4 is 5.32 Å². The number of carbonyl (C=O) groups is 2. The molecule has 0 radical (unpaired) electrons. The number of amides is 1. The second kappa shape index (κ2) is 8.16. The molecule has 110 valence electrons. The molecule has 20 heavy (non-hydrogen) atoms. The lowest BCUT2D eigenvalue weighted by Crippen LogP contribution is -2.47. The van der Waals surface area contributed by atoms with Crippen LogP contribution in [0.1, 0.15) is 18.9 Å². The number of carboxylic acids is 1. The van der Waals surface area contributed by atoms with Gasteiger partial charge in [-0.25, -0.2) is 9.59 Å². The number of alkyl carbamates (subject to hydrolysis) is 1. The monoisotopic (exact) mass is 281 g/mol. The number of aliphatic hydroxyl groups excluding tert-OH is 1. The Hall–Kier alpha value is -2.08. The Balaban J connectivity index is 2.24. The largest absolute Gasteiger partial charge is 0.480 e. The quantitative estimate of drug-likeness (QED) is 0.652. The summed E-state index contributed by atoms with van der Waals surface area (Å²) < 4.78 is 4.87. The van der Waals surface area contributed by atoms with Crippen molar-refractivity contribution in [2.75, 3.05) is 6.61 Å². The van der Waals surface area contributed by atoms with E-state index >= 15 is 0 Å². The van der Waals surface area contributed by atoms with E-state index in [1.54, 1.807) is 0 Å². The van der Waals surface area contributed by atoms with Crippen molar-refractivity contribution in [3.05, 3.63) is 35.9 Å². The van der Waals surface area contributed by atoms with E-state index in [4.69, 9.17) is 9.84 Å². The van der Waals surface area contributed by atoms with E-state index in [2.05, 4.69) is 5.32 Å². The Morgan fingerprint density at radius 3 is 2.50 bits per heavy atom. The van der Waals surface area contributed by atoms with Gasteiger partial charge in [-0.15, -0.1) is 0 Å². The fraction of sp³-hybridized carbons (Fsp3) is 0.429. The van der Waals surface area contributed by atoms with Crippen LogP contribution in [0.15, 0.2) is 30.3 Å². The van der Waals surface area contributed by atoms with Gasteiger partial charge in [-0.3, -0.25) is 0 Å². The molecular formula is C14H19NO5. The van der Waals surface area contributed by atoms with Crippen molar-refractivity contribution in [1.29, 1.82) is 0 Å². The molecule has 0 spiro atoms. The number of nitrogens with one attached hydrogen (secondary N) is 1. The molecule has 0 aliphatic rings. The molecule has 0 saturated heterocycles. The van der Waals surface area contributed by atoms with Crippen LogP contribution in [0.2, 0.25) is 0 Å². The van der Waals surface area contributed by atoms with Gasteiger partial charge in [0.1, 0.15) is 0 Å². The number of aryl methyl sites for hydroxylation is 1. The maximum atomic E-state index is 11.4. The van der Waals surface area contributed by atoms with E-state index in [1.807, 2.05) is 30.3 Å². The third kappa shape index (κ3) is 5.71. The van der Waals surface area contributed by atoms with Crippen LogP contribution in [0, 0.1) is 0 Å². The highest BCUT2D eigenvalue weighted by Gasteiger charge is 2.25. The van der Waals surface area contributed by atoms with Crippen molar-refractivity contribution in [3.8, 4) is 0 Å². The zero-order valence-electron chi connectivity index (χ0n) is 11.3. The Labute approximate surface area is 117 Å². The minimum absolute atomic E-state index is 0.187. The number of hydrogen-bond acceptors (Lipinski definition) is 4. The smallest absolute Gasteiger partial charge is 0.407 e. The van der Waals surface area contributed by atoms with Gasteiger partial charge in [-0.05, 0) is 25.3 Å². The molecule has 0 aromatic heterocycles. The van der Waals surface area contributed by atoms with Crippen molar-refractivity contribution in [2.24, 2.45) is 0 Å². The third-order valence-electron chi connectivity index (χ3n) is 2.71. The van der Waals surface area contributed by atoms with Crippen molar-refractivity contribution < 1.29 is 24.5 Å². The van der Waals surface area contributed by atoms with Crippen LogP contribution in [-0.4, -0.2) is 41.0 Å². The predicted molar refractivity (Wildman–Crippen MR) is 72.4 cm³/mol. The predicted octanol–water partition coefficient (Wildman–Crippen LogP) is 1.18. The van der Waals surface area contributed by atoms with Gasteiger partial charge in [0.15, 0.2) is 6.04 Å². The number of aliphatic carboxylic acids is 1. The van der Waals surface area contributed by atoms with Gasteiger partial charge < -0.3 is 20.3 Å². The summed E-state index contributed by atoms with van der Waals surface area (Å²) in [6.45, 7) is 1.47. The average molecular weight is 281 g/mol. The van der Waals surface area contributed by atoms with Crippen molar-refractivity contribution in [3.63, 3.8) is 0 Å². The SMILES string of the molecule is C[C@H](O)[C@@H](NC(=O)OCCCc1ccccc1)C(=O)O. The first-order chi connectivity index (χ1) is 9.50. The number of ether oxygens (including phenoxy) is 1. The topological polar surface area (TPSA) is 95.9 Å². The van der Waals surface area contributed by atoms with Gasteiger partial charge in [0.2, 0.25) is 0 Å². The van der Waals surface area contributed by atoms with E-state index in [1.165, 1.54) is 6.92 Å². The summed E-state index contributed by atoms with van der Waals surface area (Å²) in [5.74, 6) is -1.30. The van der Waals surface area contributed by atoms with Gasteiger partial charge in [0, 0.05) is 0 Å². The highest BCUT2D eigenvalue weighted by Crippen LogP contribution is 2.02. The van der Waals surface area contributed by atoms with Crippen LogP contribution in [0.25, 0.3) is 0 Å². The van der Waals surface area contributed by atoms with Crippen LogP contribution in [0.4, 0.5) is 4.79 Å². The van der Waals surface area contributed by atoms with Crippen LogP contribution in [0.3, 0.4) is 0 Å². The summed E-state index contributed by atoms with van der Waals surface area (Å²) in [4.78, 5) is 22.1. The Bertz CT molecular complexity index is 432. The molecule has 1 aromatic rings. The zero-order chi connectivity index (χ0) is 15.0. The lowest BCUT2D eigenvalue weighted by atomic mass is 10.1. The van der Waals surface area contributed by atoms with Gasteiger partial charge in [0.05, 0.1) is 12.7 Å². The van der Waals surface area contributed by atoms with Crippen LogP contribution in [0.5, 0.6) is 0 Å². The average Bonchev–Trinajstić information content (AvgIpc) is 2.41. The standard InChI is InChI=1S/C14H19NO5/c1-10(16)12(13(17)18)15-14(19)20-9-5-8-11-6-3-2-4-7-11/h2-4,6-7,10,12,16H,5,8-9H2,1H3,(H,15,19)(H,17,18)/t10-,12+/m0/s1. The van der Waals surface area contributed by atoms with Crippen LogP contribution >= 0.6 is 0 Å². The fourth-order valence-electron chi connectivity index (χ4n) is 1.64. The number of rotatable bonds is 7. The number of hydrogen-bond donors (Lipinski definition) is 3. The number of carbonyl (C=O) groups excluding carboxylic acids is 1. The lowest BCUT2D eigenvalue weighted by Gasteiger charge is -2.16. The molecule has 1 amide bonds. The number of aliphatic hydroxyl groups is 1. The van der Waals surface area contributed by atoms with Gasteiger partial charge in [0.25, 0.3) is 0 Å². The molecule has 0 saturated carbocycles. The summed E-state index contributed by atoms with van der Waals surface area (Å²) in [5, 5.41) is 20.1. The number of benzene rings is 1. The van der Waals surface area contributed by atoms with Gasteiger partial charge >= 0.3 is 12.1 Å². The minimum atomic E-state index is -1.36. The highest BCUT2D eigenvalue weighted by atomic mass is 16.5. The molecule has 0 fully saturated rings. The maximum absolute atomic E-state index is 11.4. The van der Waals surface area contributed by atoms with Gasteiger partial charge in [-0.1, -0.05) is 30.3 Å². The molecule has 1 aromatic carbocycles. The molecule has 0 bridgehead atoms. The molecule has 0 aliphatic heterocycles. The molecule has 6 nitrogen and oxygen atoms in total. The van der Waals surface area contributed by atoms with E-state index in [0.717, 1.165) is 12.0 Å². The first kappa shape index (κ1) is 16.0. The maximum Gasteiger partial charge on any atom is 0.407 e. The summed E-state index contributed by atoms with van der Waals surface area (Å²) >= 11 is 0. The third-order valence-corrected chi connectivity index (χ3v) is 2.71. The number of carboxylic acid groups (broad SMARTS) is 1. The molecular weight excluding hydrogens is 262 g/mol.